The second kappa shape index (κ2) is 6.58. The maximum atomic E-state index is 14.9. The third kappa shape index (κ3) is 2.57. The fraction of sp³-hybridized carbons (Fsp3) is 0.348. The maximum absolute atomic E-state index is 14.9. The van der Waals surface area contributed by atoms with E-state index in [0.717, 1.165) is 42.6 Å². The maximum Gasteiger partial charge on any atom is 0.292 e. The number of hydrogen-bond acceptors (Lipinski definition) is 3. The highest BCUT2D eigenvalue weighted by molar-refractivity contribution is 7.69. The Hall–Kier alpha value is -2.36. The summed E-state index contributed by atoms with van der Waals surface area (Å²) in [5.74, 6) is 0. The molecule has 3 aliphatic rings. The molecule has 3 heterocycles. The summed E-state index contributed by atoms with van der Waals surface area (Å²) in [6.45, 7) is 6.14. The number of allylic oxidation sites excluding steroid dienone is 2. The predicted octanol–water partition coefficient (Wildman–Crippen LogP) is 5.42. The number of nitrogens with zero attached hydrogens (tertiary/aromatic N) is 4. The smallest absolute Gasteiger partial charge is 0.292 e. The molecule has 0 radical (unpaired) electrons. The Morgan fingerprint density at radius 1 is 0.966 bits per heavy atom. The van der Waals surface area contributed by atoms with Crippen LogP contribution in [0.2, 0.25) is 0 Å². The van der Waals surface area contributed by atoms with Gasteiger partial charge in [0.25, 0.3) is 7.44 Å². The lowest BCUT2D eigenvalue weighted by molar-refractivity contribution is 0.478. The second-order valence-electron chi connectivity index (χ2n) is 8.51. The lowest BCUT2D eigenvalue weighted by atomic mass is 9.84. The van der Waals surface area contributed by atoms with Crippen molar-refractivity contribution in [1.29, 1.82) is 0 Å². The first-order valence-corrected chi connectivity index (χ1v) is 11.9. The van der Waals surface area contributed by atoms with Crippen molar-refractivity contribution in [2.45, 2.75) is 32.1 Å². The molecule has 3 aliphatic heterocycles. The van der Waals surface area contributed by atoms with Gasteiger partial charge >= 0.3 is 0 Å². The molecule has 1 saturated heterocycles. The molecular formula is C23H27N4OP. The van der Waals surface area contributed by atoms with Gasteiger partial charge in [0.1, 0.15) is 0 Å². The molecule has 0 N–H and O–H groups in total. The highest BCUT2D eigenvalue weighted by Crippen LogP contribution is 2.67. The van der Waals surface area contributed by atoms with Gasteiger partial charge in [-0.15, -0.1) is 0 Å². The highest BCUT2D eigenvalue weighted by Gasteiger charge is 2.51. The quantitative estimate of drug-likeness (QED) is 0.624. The van der Waals surface area contributed by atoms with Gasteiger partial charge in [-0.3, -0.25) is 4.57 Å². The molecule has 150 valence electrons. The van der Waals surface area contributed by atoms with Crippen LogP contribution in [0.1, 0.15) is 32.3 Å². The first-order valence-electron chi connectivity index (χ1n) is 10.3. The summed E-state index contributed by atoms with van der Waals surface area (Å²) in [5.41, 5.74) is 4.18. The summed E-state index contributed by atoms with van der Waals surface area (Å²) >= 11 is 0. The van der Waals surface area contributed by atoms with Gasteiger partial charge < -0.3 is 4.90 Å². The first kappa shape index (κ1) is 18.7. The number of rotatable bonds is 2. The summed E-state index contributed by atoms with van der Waals surface area (Å²) in [7, 11) is -0.986. The lowest BCUT2D eigenvalue weighted by Crippen LogP contribution is -2.30. The van der Waals surface area contributed by atoms with Crippen molar-refractivity contribution < 1.29 is 4.57 Å². The average Bonchev–Trinajstić information content (AvgIpc) is 3.42. The molecule has 0 saturated carbocycles. The molecular weight excluding hydrogens is 379 g/mol. The number of para-hydroxylation sites is 2. The molecule has 5 nitrogen and oxygen atoms in total. The van der Waals surface area contributed by atoms with Gasteiger partial charge in [0.2, 0.25) is 0 Å². The SMILES string of the molecule is CN1C(=C2C=NN(c3ccccc3)P2(=O)N2CCCC2)C(C)(C)c2ccccc21. The van der Waals surface area contributed by atoms with Crippen LogP contribution in [0.25, 0.3) is 0 Å². The standard InChI is InChI=1S/C23H27N4OP/c1-23(2)19-13-7-8-14-20(19)25(3)22(23)21-17-24-27(18-11-5-4-6-12-18)29(21,28)26-15-9-10-16-26/h4-8,11-14,17H,9-10,15-16H2,1-3H3. The van der Waals surface area contributed by atoms with Crippen LogP contribution in [-0.2, 0) is 9.98 Å². The third-order valence-corrected chi connectivity index (χ3v) is 9.39. The van der Waals surface area contributed by atoms with E-state index in [9.17, 15) is 4.57 Å². The van der Waals surface area contributed by atoms with E-state index in [4.69, 9.17) is 5.10 Å². The molecule has 1 fully saturated rings. The van der Waals surface area contributed by atoms with Crippen LogP contribution >= 0.6 is 7.44 Å². The van der Waals surface area contributed by atoms with E-state index in [0.29, 0.717) is 0 Å². The Kier molecular flexibility index (Phi) is 4.23. The van der Waals surface area contributed by atoms with Gasteiger partial charge in [-0.25, -0.2) is 4.67 Å². The lowest BCUT2D eigenvalue weighted by Gasteiger charge is -2.35. The van der Waals surface area contributed by atoms with Gasteiger partial charge in [0, 0.05) is 36.9 Å². The number of hydrazone groups is 1. The molecule has 2 aromatic carbocycles. The zero-order chi connectivity index (χ0) is 20.2. The fourth-order valence-electron chi connectivity index (χ4n) is 5.04. The van der Waals surface area contributed by atoms with Crippen molar-refractivity contribution in [1.82, 2.24) is 4.67 Å². The first-order chi connectivity index (χ1) is 14.0. The minimum Gasteiger partial charge on any atom is -0.346 e. The molecule has 6 heteroatoms. The van der Waals surface area contributed by atoms with Crippen LogP contribution < -0.4 is 9.68 Å². The Labute approximate surface area is 172 Å². The Morgan fingerprint density at radius 3 is 2.31 bits per heavy atom. The predicted molar refractivity (Wildman–Crippen MR) is 121 cm³/mol. The largest absolute Gasteiger partial charge is 0.346 e. The minimum absolute atomic E-state index is 0.241. The molecule has 2 aromatic rings. The fourth-order valence-corrected chi connectivity index (χ4v) is 8.16. The third-order valence-electron chi connectivity index (χ3n) is 6.42. The van der Waals surface area contributed by atoms with Gasteiger partial charge in [-0.2, -0.15) is 9.88 Å². The van der Waals surface area contributed by atoms with Crippen molar-refractivity contribution in [3.8, 4) is 0 Å². The van der Waals surface area contributed by atoms with Gasteiger partial charge in [0.05, 0.1) is 17.2 Å². The summed E-state index contributed by atoms with van der Waals surface area (Å²) in [6.07, 6.45) is 4.01. The van der Waals surface area contributed by atoms with Gasteiger partial charge in [-0.1, -0.05) is 50.2 Å². The number of fused-ring (bicyclic) bond motifs is 1. The van der Waals surface area contributed by atoms with Crippen molar-refractivity contribution in [3.05, 3.63) is 71.2 Å². The van der Waals surface area contributed by atoms with E-state index >= 15 is 0 Å². The van der Waals surface area contributed by atoms with E-state index in [-0.39, 0.29) is 5.41 Å². The van der Waals surface area contributed by atoms with Crippen LogP contribution in [0.15, 0.2) is 70.7 Å². The monoisotopic (exact) mass is 406 g/mol. The average molecular weight is 406 g/mol. The molecule has 1 atom stereocenters. The summed E-state index contributed by atoms with van der Waals surface area (Å²) in [6, 6.07) is 18.4. The van der Waals surface area contributed by atoms with Crippen LogP contribution in [-0.4, -0.2) is 31.0 Å². The summed E-state index contributed by atoms with van der Waals surface area (Å²) in [5, 5.41) is 5.58. The number of benzene rings is 2. The summed E-state index contributed by atoms with van der Waals surface area (Å²) in [4.78, 5) is 2.22. The number of hydrogen-bond donors (Lipinski definition) is 0. The Balaban J connectivity index is 1.73. The molecule has 0 amide bonds. The van der Waals surface area contributed by atoms with Crippen molar-refractivity contribution in [2.24, 2.45) is 5.10 Å². The summed E-state index contributed by atoms with van der Waals surface area (Å²) < 4.78 is 18.8. The van der Waals surface area contributed by atoms with Gasteiger partial charge in [-0.05, 0) is 36.6 Å². The van der Waals surface area contributed by atoms with E-state index in [2.05, 4.69) is 54.7 Å². The van der Waals surface area contributed by atoms with E-state index in [1.165, 1.54) is 11.3 Å². The van der Waals surface area contributed by atoms with E-state index < -0.39 is 7.44 Å². The Morgan fingerprint density at radius 2 is 1.62 bits per heavy atom. The minimum atomic E-state index is -3.07. The second-order valence-corrected chi connectivity index (χ2v) is 11.0. The van der Waals surface area contributed by atoms with Crippen molar-refractivity contribution >= 4 is 25.0 Å². The molecule has 0 aliphatic carbocycles. The van der Waals surface area contributed by atoms with Crippen LogP contribution in [0.3, 0.4) is 0 Å². The zero-order valence-electron chi connectivity index (χ0n) is 17.2. The topological polar surface area (TPSA) is 39.1 Å². The van der Waals surface area contributed by atoms with E-state index in [1.807, 2.05) is 36.5 Å². The van der Waals surface area contributed by atoms with Crippen LogP contribution in [0.5, 0.6) is 0 Å². The highest BCUT2D eigenvalue weighted by atomic mass is 31.2. The number of likely N-dealkylation sites (N-methyl/N-ethyl adjacent to an activating group) is 1. The molecule has 0 bridgehead atoms. The molecule has 5 rings (SSSR count). The molecule has 0 aromatic heterocycles. The van der Waals surface area contributed by atoms with Crippen LogP contribution in [0.4, 0.5) is 11.4 Å². The molecule has 1 unspecified atom stereocenters. The van der Waals surface area contributed by atoms with E-state index in [1.54, 1.807) is 4.78 Å². The molecule has 0 spiro atoms. The van der Waals surface area contributed by atoms with Gasteiger partial charge in [0.15, 0.2) is 0 Å². The molecule has 29 heavy (non-hydrogen) atoms. The number of anilines is 2. The van der Waals surface area contributed by atoms with Crippen molar-refractivity contribution in [3.63, 3.8) is 0 Å². The zero-order valence-corrected chi connectivity index (χ0v) is 18.1. The normalized spacial score (nSPS) is 28.4. The van der Waals surface area contributed by atoms with Crippen molar-refractivity contribution in [2.75, 3.05) is 29.8 Å². The van der Waals surface area contributed by atoms with Crippen LogP contribution in [0, 0.1) is 0 Å². The Bertz CT molecular complexity index is 1050.